The van der Waals surface area contributed by atoms with Crippen LogP contribution in [0.25, 0.3) is 0 Å². The van der Waals surface area contributed by atoms with Crippen LogP contribution in [0.1, 0.15) is 11.5 Å². The highest BCUT2D eigenvalue weighted by molar-refractivity contribution is 5.54. The summed E-state index contributed by atoms with van der Waals surface area (Å²) in [5, 5.41) is 9.16. The van der Waals surface area contributed by atoms with Crippen molar-refractivity contribution in [2.75, 3.05) is 32.1 Å². The topological polar surface area (TPSA) is 49.5 Å². The van der Waals surface area contributed by atoms with Crippen molar-refractivity contribution < 1.29 is 9.50 Å². The molecule has 3 N–H and O–H groups in total. The number of halogens is 1. The van der Waals surface area contributed by atoms with E-state index in [9.17, 15) is 4.39 Å². The van der Waals surface area contributed by atoms with Crippen molar-refractivity contribution in [2.45, 2.75) is 5.92 Å². The zero-order valence-electron chi connectivity index (χ0n) is 9.07. The van der Waals surface area contributed by atoms with Crippen LogP contribution < -0.4 is 10.6 Å². The predicted octanol–water partition coefficient (Wildman–Crippen LogP) is 0.926. The fourth-order valence-corrected chi connectivity index (χ4v) is 1.56. The second-order valence-corrected chi connectivity index (χ2v) is 3.71. The van der Waals surface area contributed by atoms with Crippen LogP contribution in [0.5, 0.6) is 0 Å². The van der Waals surface area contributed by atoms with Crippen LogP contribution in [0.2, 0.25) is 0 Å². The summed E-state index contributed by atoms with van der Waals surface area (Å²) in [6.45, 7) is 0.238. The van der Waals surface area contributed by atoms with E-state index in [-0.39, 0.29) is 18.3 Å². The first-order valence-corrected chi connectivity index (χ1v) is 4.87. The third kappa shape index (κ3) is 2.67. The van der Waals surface area contributed by atoms with E-state index < -0.39 is 0 Å². The van der Waals surface area contributed by atoms with Crippen molar-refractivity contribution in [3.63, 3.8) is 0 Å². The van der Waals surface area contributed by atoms with Gasteiger partial charge in [-0.2, -0.15) is 0 Å². The lowest BCUT2D eigenvalue weighted by Gasteiger charge is -2.22. The van der Waals surface area contributed by atoms with Crippen LogP contribution in [0.15, 0.2) is 18.2 Å². The molecule has 0 aliphatic carbocycles. The molecule has 0 saturated heterocycles. The number of nitrogens with two attached hydrogens (primary N) is 1. The van der Waals surface area contributed by atoms with Crippen LogP contribution in [0.4, 0.5) is 10.1 Å². The summed E-state index contributed by atoms with van der Waals surface area (Å²) in [6, 6.07) is 4.54. The lowest BCUT2D eigenvalue weighted by molar-refractivity contribution is 0.268. The van der Waals surface area contributed by atoms with Gasteiger partial charge < -0.3 is 15.7 Å². The number of aliphatic hydroxyl groups is 1. The molecular weight excluding hydrogens is 195 g/mol. The minimum absolute atomic E-state index is 0.0687. The van der Waals surface area contributed by atoms with E-state index in [1.807, 2.05) is 19.0 Å². The van der Waals surface area contributed by atoms with E-state index in [4.69, 9.17) is 10.8 Å². The largest absolute Gasteiger partial charge is 0.396 e. The van der Waals surface area contributed by atoms with E-state index in [2.05, 4.69) is 0 Å². The van der Waals surface area contributed by atoms with Gasteiger partial charge in [0.05, 0.1) is 6.61 Å². The number of anilines is 1. The third-order valence-electron chi connectivity index (χ3n) is 2.42. The van der Waals surface area contributed by atoms with Gasteiger partial charge in [0.25, 0.3) is 0 Å². The van der Waals surface area contributed by atoms with Crippen molar-refractivity contribution in [2.24, 2.45) is 5.73 Å². The van der Waals surface area contributed by atoms with Gasteiger partial charge in [0.15, 0.2) is 0 Å². The smallest absolute Gasteiger partial charge is 0.123 e. The predicted molar refractivity (Wildman–Crippen MR) is 59.6 cm³/mol. The monoisotopic (exact) mass is 212 g/mol. The first-order valence-electron chi connectivity index (χ1n) is 4.87. The number of aliphatic hydroxyl groups excluding tert-OH is 1. The average Bonchev–Trinajstić information content (AvgIpc) is 2.19. The molecule has 15 heavy (non-hydrogen) atoms. The maximum Gasteiger partial charge on any atom is 0.123 e. The summed E-state index contributed by atoms with van der Waals surface area (Å²) in [6.07, 6.45) is 0. The minimum Gasteiger partial charge on any atom is -0.396 e. The van der Waals surface area contributed by atoms with Gasteiger partial charge in [-0.1, -0.05) is 0 Å². The highest BCUT2D eigenvalue weighted by Gasteiger charge is 2.15. The lowest BCUT2D eigenvalue weighted by Crippen LogP contribution is -2.20. The fourth-order valence-electron chi connectivity index (χ4n) is 1.56. The number of nitrogens with zero attached hydrogens (tertiary/aromatic N) is 1. The zero-order valence-corrected chi connectivity index (χ0v) is 9.07. The molecule has 0 amide bonds. The van der Waals surface area contributed by atoms with Crippen LogP contribution >= 0.6 is 0 Å². The van der Waals surface area contributed by atoms with Gasteiger partial charge in [0, 0.05) is 32.2 Å². The van der Waals surface area contributed by atoms with Crippen molar-refractivity contribution in [3.8, 4) is 0 Å². The van der Waals surface area contributed by atoms with Gasteiger partial charge in [0.1, 0.15) is 5.82 Å². The van der Waals surface area contributed by atoms with E-state index in [0.717, 1.165) is 11.3 Å². The standard InChI is InChI=1S/C11H17FN2O/c1-14(2)11-4-3-9(12)5-10(11)8(6-13)7-15/h3-5,8,15H,6-7,13H2,1-2H3. The van der Waals surface area contributed by atoms with E-state index in [1.54, 1.807) is 6.07 Å². The molecule has 0 spiro atoms. The molecule has 1 atom stereocenters. The summed E-state index contributed by atoms with van der Waals surface area (Å²) in [7, 11) is 3.75. The Morgan fingerprint density at radius 2 is 2.13 bits per heavy atom. The summed E-state index contributed by atoms with van der Waals surface area (Å²) in [5.74, 6) is -0.513. The number of rotatable bonds is 4. The molecule has 1 unspecified atom stereocenters. The van der Waals surface area contributed by atoms with Gasteiger partial charge in [0.2, 0.25) is 0 Å². The van der Waals surface area contributed by atoms with E-state index in [0.29, 0.717) is 6.54 Å². The van der Waals surface area contributed by atoms with E-state index in [1.165, 1.54) is 12.1 Å². The Morgan fingerprint density at radius 1 is 1.47 bits per heavy atom. The second kappa shape index (κ2) is 5.09. The van der Waals surface area contributed by atoms with Gasteiger partial charge in [-0.25, -0.2) is 4.39 Å². The highest BCUT2D eigenvalue weighted by Crippen LogP contribution is 2.26. The Morgan fingerprint density at radius 3 is 2.60 bits per heavy atom. The zero-order chi connectivity index (χ0) is 11.4. The summed E-state index contributed by atoms with van der Waals surface area (Å²) in [4.78, 5) is 1.88. The molecule has 0 heterocycles. The maximum atomic E-state index is 13.1. The van der Waals surface area contributed by atoms with Crippen LogP contribution in [0, 0.1) is 5.82 Å². The number of hydrogen-bond donors (Lipinski definition) is 2. The number of benzene rings is 1. The molecule has 0 aliphatic heterocycles. The van der Waals surface area contributed by atoms with Crippen molar-refractivity contribution in [1.29, 1.82) is 0 Å². The molecule has 3 nitrogen and oxygen atoms in total. The van der Waals surface area contributed by atoms with Crippen LogP contribution in [0.3, 0.4) is 0 Å². The minimum atomic E-state index is -0.303. The molecule has 0 aromatic heterocycles. The maximum absolute atomic E-state index is 13.1. The van der Waals surface area contributed by atoms with Gasteiger partial charge in [-0.15, -0.1) is 0 Å². The lowest BCUT2D eigenvalue weighted by atomic mass is 9.97. The van der Waals surface area contributed by atoms with Crippen molar-refractivity contribution in [3.05, 3.63) is 29.6 Å². The molecule has 0 saturated carbocycles. The van der Waals surface area contributed by atoms with Crippen LogP contribution in [-0.4, -0.2) is 32.4 Å². The molecular formula is C11H17FN2O. The Kier molecular flexibility index (Phi) is 4.05. The highest BCUT2D eigenvalue weighted by atomic mass is 19.1. The molecule has 0 aliphatic rings. The Bertz CT molecular complexity index is 324. The van der Waals surface area contributed by atoms with Gasteiger partial charge in [-0.05, 0) is 23.8 Å². The Labute approximate surface area is 89.3 Å². The summed E-state index contributed by atoms with van der Waals surface area (Å²) in [5.41, 5.74) is 7.18. The molecule has 1 rings (SSSR count). The fraction of sp³-hybridized carbons (Fsp3) is 0.455. The average molecular weight is 212 g/mol. The SMILES string of the molecule is CN(C)c1ccc(F)cc1C(CN)CO. The normalized spacial score (nSPS) is 12.6. The molecule has 0 radical (unpaired) electrons. The molecule has 1 aromatic rings. The first kappa shape index (κ1) is 11.9. The molecule has 1 aromatic carbocycles. The first-order chi connectivity index (χ1) is 7.10. The number of hydrogen-bond acceptors (Lipinski definition) is 3. The van der Waals surface area contributed by atoms with Gasteiger partial charge >= 0.3 is 0 Å². The van der Waals surface area contributed by atoms with E-state index >= 15 is 0 Å². The summed E-state index contributed by atoms with van der Waals surface area (Å²) >= 11 is 0. The van der Waals surface area contributed by atoms with Crippen LogP contribution in [-0.2, 0) is 0 Å². The summed E-state index contributed by atoms with van der Waals surface area (Å²) < 4.78 is 13.1. The van der Waals surface area contributed by atoms with Crippen molar-refractivity contribution in [1.82, 2.24) is 0 Å². The van der Waals surface area contributed by atoms with Gasteiger partial charge in [-0.3, -0.25) is 0 Å². The van der Waals surface area contributed by atoms with Crippen molar-refractivity contribution >= 4 is 5.69 Å². The quantitative estimate of drug-likeness (QED) is 0.780. The Hall–Kier alpha value is -1.13. The molecule has 4 heteroatoms. The molecule has 0 fully saturated rings. The molecule has 0 bridgehead atoms. The third-order valence-corrected chi connectivity index (χ3v) is 2.42. The second-order valence-electron chi connectivity index (χ2n) is 3.71. The Balaban J connectivity index is 3.16. The molecule has 84 valence electrons.